The fourth-order valence-electron chi connectivity index (χ4n) is 3.87. The Bertz CT molecular complexity index is 1660. The van der Waals surface area contributed by atoms with Gasteiger partial charge in [0.25, 0.3) is 0 Å². The second-order valence-electron chi connectivity index (χ2n) is 8.61. The van der Waals surface area contributed by atoms with E-state index in [1.54, 1.807) is 24.4 Å². The molecule has 3 N–H and O–H groups in total. The maximum absolute atomic E-state index is 6.34. The van der Waals surface area contributed by atoms with E-state index in [0.29, 0.717) is 56.3 Å². The van der Waals surface area contributed by atoms with E-state index in [-0.39, 0.29) is 0 Å². The zero-order chi connectivity index (χ0) is 27.9. The maximum atomic E-state index is 6.34. The number of pyridine rings is 1. The number of para-hydroxylation sites is 2. The minimum atomic E-state index is 0.447. The number of guanidine groups is 1. The topological polar surface area (TPSA) is 70.6 Å². The van der Waals surface area contributed by atoms with Crippen LogP contribution >= 0.6 is 46.4 Å². The van der Waals surface area contributed by atoms with E-state index in [0.717, 1.165) is 22.3 Å². The van der Waals surface area contributed by atoms with Crippen LogP contribution in [0.5, 0.6) is 11.5 Å². The van der Waals surface area contributed by atoms with Gasteiger partial charge in [-0.1, -0.05) is 58.5 Å². The van der Waals surface area contributed by atoms with Crippen LogP contribution in [0.1, 0.15) is 0 Å². The second-order valence-corrected chi connectivity index (χ2v) is 10.3. The van der Waals surface area contributed by atoms with Crippen LogP contribution in [-0.2, 0) is 0 Å². The number of benzene rings is 4. The third-order valence-electron chi connectivity index (χ3n) is 5.76. The van der Waals surface area contributed by atoms with Crippen molar-refractivity contribution in [3.8, 4) is 11.5 Å². The fraction of sp³-hybridized carbons (Fsp3) is 0.0667. The lowest BCUT2D eigenvalue weighted by atomic mass is 10.2. The molecule has 0 spiro atoms. The molecular weight excluding hydrogens is 588 g/mol. The number of aromatic nitrogens is 1. The number of anilines is 3. The number of ether oxygens (including phenoxy) is 1. The van der Waals surface area contributed by atoms with Gasteiger partial charge in [-0.3, -0.25) is 9.98 Å². The molecule has 5 rings (SSSR count). The average Bonchev–Trinajstić information content (AvgIpc) is 2.95. The van der Waals surface area contributed by atoms with Crippen LogP contribution in [0.4, 0.5) is 17.1 Å². The predicted octanol–water partition coefficient (Wildman–Crippen LogP) is 9.63. The molecule has 0 bridgehead atoms. The van der Waals surface area contributed by atoms with Crippen molar-refractivity contribution in [2.24, 2.45) is 4.99 Å². The number of halogens is 4. The van der Waals surface area contributed by atoms with Crippen LogP contribution in [-0.4, -0.2) is 24.0 Å². The molecule has 10 heteroatoms. The van der Waals surface area contributed by atoms with Gasteiger partial charge in [-0.15, -0.1) is 0 Å². The monoisotopic (exact) mass is 609 g/mol. The average molecular weight is 611 g/mol. The quantitative estimate of drug-likeness (QED) is 0.0926. The summed E-state index contributed by atoms with van der Waals surface area (Å²) in [5.41, 5.74) is 3.28. The standard InChI is InChI=1S/C30H23Cl4N5O/c31-19-5-9-22(10-6-19)38-30(37-16-15-36-25-13-14-35-27-17-20(32)7-11-23(25)27)39-26-3-1-2-4-28(26)40-29-18-21(33)8-12-24(29)34/h1-14,17-18H,15-16H2,(H,35,36)(H2,37,38,39). The minimum Gasteiger partial charge on any atom is -0.454 e. The first-order valence-electron chi connectivity index (χ1n) is 12.3. The predicted molar refractivity (Wildman–Crippen MR) is 169 cm³/mol. The SMILES string of the molecule is Clc1ccc(NC(=NCCNc2ccnc3cc(Cl)ccc23)Nc2ccccc2Oc2cc(Cl)ccc2Cl)cc1. The van der Waals surface area contributed by atoms with Gasteiger partial charge in [0.1, 0.15) is 5.75 Å². The first kappa shape index (κ1) is 27.9. The molecule has 4 aromatic carbocycles. The first-order chi connectivity index (χ1) is 19.4. The number of aliphatic imine (C=N–C) groups is 1. The van der Waals surface area contributed by atoms with E-state index in [1.165, 1.54) is 0 Å². The van der Waals surface area contributed by atoms with Crippen molar-refractivity contribution in [2.45, 2.75) is 0 Å². The minimum absolute atomic E-state index is 0.447. The lowest BCUT2D eigenvalue weighted by Crippen LogP contribution is -2.23. The molecule has 0 saturated carbocycles. The molecular formula is C30H23Cl4N5O. The second kappa shape index (κ2) is 13.1. The van der Waals surface area contributed by atoms with Crippen molar-refractivity contribution in [1.82, 2.24) is 4.98 Å². The van der Waals surface area contributed by atoms with Crippen LogP contribution < -0.4 is 20.7 Å². The molecule has 0 atom stereocenters. The van der Waals surface area contributed by atoms with Gasteiger partial charge in [-0.2, -0.15) is 0 Å². The normalized spacial score (nSPS) is 11.3. The van der Waals surface area contributed by atoms with Crippen molar-refractivity contribution in [2.75, 3.05) is 29.0 Å². The van der Waals surface area contributed by atoms with E-state index in [9.17, 15) is 0 Å². The summed E-state index contributed by atoms with van der Waals surface area (Å²) < 4.78 is 6.11. The summed E-state index contributed by atoms with van der Waals surface area (Å²) in [6.07, 6.45) is 1.75. The Balaban J connectivity index is 1.35. The lowest BCUT2D eigenvalue weighted by Gasteiger charge is -2.17. The number of nitrogens with zero attached hydrogens (tertiary/aromatic N) is 2. The van der Waals surface area contributed by atoms with Crippen LogP contribution in [0.2, 0.25) is 20.1 Å². The van der Waals surface area contributed by atoms with Crippen molar-refractivity contribution >= 4 is 80.3 Å². The molecule has 40 heavy (non-hydrogen) atoms. The van der Waals surface area contributed by atoms with Crippen LogP contribution in [0.3, 0.4) is 0 Å². The molecule has 0 saturated heterocycles. The summed E-state index contributed by atoms with van der Waals surface area (Å²) in [5, 5.41) is 13.4. The van der Waals surface area contributed by atoms with Crippen molar-refractivity contribution in [3.63, 3.8) is 0 Å². The Morgan fingerprint density at radius 3 is 2.33 bits per heavy atom. The molecule has 0 aliphatic heterocycles. The van der Waals surface area contributed by atoms with Gasteiger partial charge in [-0.05, 0) is 72.8 Å². The van der Waals surface area contributed by atoms with Gasteiger partial charge in [0.15, 0.2) is 11.7 Å². The lowest BCUT2D eigenvalue weighted by molar-refractivity contribution is 0.485. The Hall–Kier alpha value is -3.68. The van der Waals surface area contributed by atoms with Crippen molar-refractivity contribution in [3.05, 3.63) is 117 Å². The fourth-order valence-corrected chi connectivity index (χ4v) is 4.48. The highest BCUT2D eigenvalue weighted by Gasteiger charge is 2.11. The van der Waals surface area contributed by atoms with Gasteiger partial charge in [0.2, 0.25) is 0 Å². The molecule has 1 aromatic heterocycles. The third-order valence-corrected chi connectivity index (χ3v) is 6.80. The molecule has 1 heterocycles. The summed E-state index contributed by atoms with van der Waals surface area (Å²) in [7, 11) is 0. The summed E-state index contributed by atoms with van der Waals surface area (Å²) in [4.78, 5) is 9.18. The smallest absolute Gasteiger partial charge is 0.200 e. The summed E-state index contributed by atoms with van der Waals surface area (Å²) >= 11 is 24.7. The highest BCUT2D eigenvalue weighted by Crippen LogP contribution is 2.35. The number of fused-ring (bicyclic) bond motifs is 1. The van der Waals surface area contributed by atoms with Crippen LogP contribution in [0.15, 0.2) is 102 Å². The summed E-state index contributed by atoms with van der Waals surface area (Å²) in [6, 6.07) is 27.5. The van der Waals surface area contributed by atoms with E-state index in [4.69, 9.17) is 56.1 Å². The van der Waals surface area contributed by atoms with Gasteiger partial charge in [-0.25, -0.2) is 0 Å². The van der Waals surface area contributed by atoms with Crippen molar-refractivity contribution in [1.29, 1.82) is 0 Å². The van der Waals surface area contributed by atoms with Gasteiger partial charge >= 0.3 is 0 Å². The van der Waals surface area contributed by atoms with Gasteiger partial charge in [0.05, 0.1) is 22.8 Å². The largest absolute Gasteiger partial charge is 0.454 e. The highest BCUT2D eigenvalue weighted by atomic mass is 35.5. The van der Waals surface area contributed by atoms with Crippen LogP contribution in [0, 0.1) is 0 Å². The molecule has 6 nitrogen and oxygen atoms in total. The Morgan fingerprint density at radius 1 is 0.725 bits per heavy atom. The van der Waals surface area contributed by atoms with E-state index < -0.39 is 0 Å². The van der Waals surface area contributed by atoms with E-state index in [2.05, 4.69) is 20.9 Å². The summed E-state index contributed by atoms with van der Waals surface area (Å²) in [5.74, 6) is 1.52. The molecule has 5 aromatic rings. The van der Waals surface area contributed by atoms with Gasteiger partial charge < -0.3 is 20.7 Å². The summed E-state index contributed by atoms with van der Waals surface area (Å²) in [6.45, 7) is 1.04. The van der Waals surface area contributed by atoms with E-state index in [1.807, 2.05) is 72.8 Å². The number of hydrogen-bond acceptors (Lipinski definition) is 4. The molecule has 0 unspecified atom stereocenters. The van der Waals surface area contributed by atoms with Crippen molar-refractivity contribution < 1.29 is 4.74 Å². The van der Waals surface area contributed by atoms with Crippen LogP contribution in [0.25, 0.3) is 10.9 Å². The first-order valence-corrected chi connectivity index (χ1v) is 13.8. The molecule has 0 amide bonds. The number of hydrogen-bond donors (Lipinski definition) is 3. The molecule has 202 valence electrons. The third kappa shape index (κ3) is 7.29. The molecule has 0 fully saturated rings. The Morgan fingerprint density at radius 2 is 1.48 bits per heavy atom. The molecule has 0 radical (unpaired) electrons. The Labute approximate surface area is 251 Å². The number of nitrogens with one attached hydrogen (secondary N) is 3. The molecule has 0 aliphatic rings. The zero-order valence-corrected chi connectivity index (χ0v) is 24.0. The Kier molecular flexibility index (Phi) is 9.14. The highest BCUT2D eigenvalue weighted by molar-refractivity contribution is 6.34. The molecule has 0 aliphatic carbocycles. The maximum Gasteiger partial charge on any atom is 0.200 e. The van der Waals surface area contributed by atoms with Gasteiger partial charge in [0, 0.05) is 50.6 Å². The van der Waals surface area contributed by atoms with E-state index >= 15 is 0 Å². The number of rotatable bonds is 8. The zero-order valence-electron chi connectivity index (χ0n) is 21.0.